The van der Waals surface area contributed by atoms with Crippen LogP contribution in [-0.2, 0) is 13.0 Å². The fraction of sp³-hybridized carbons (Fsp3) is 0.471. The third-order valence-electron chi connectivity index (χ3n) is 7.36. The molecule has 3 aromatic rings. The monoisotopic (exact) mass is 583 g/mol. The second-order valence-corrected chi connectivity index (χ2v) is 10.9. The largest absolute Gasteiger partial charge is 0.493 e. The second kappa shape index (κ2) is 17.1. The van der Waals surface area contributed by atoms with Gasteiger partial charge in [0.15, 0.2) is 23.0 Å². The van der Waals surface area contributed by atoms with E-state index in [1.165, 1.54) is 25.7 Å². The molecule has 0 radical (unpaired) electrons. The standard InChI is InChI=1S/C34H46ClNO5/c1-6-7-8-9-10-18-41-32-17-15-27(21-34(32)40-5)23-36(24-30(37)28-12-11-13-29(35)22-28)25(2)19-26-14-16-31(38-3)33(20-26)39-4/h11-17,20-22,25,30,37H,6-10,18-19,23-24H2,1-5H3/t25-,30?/m1/s1. The summed E-state index contributed by atoms with van der Waals surface area (Å²) in [4.78, 5) is 2.28. The van der Waals surface area contributed by atoms with E-state index in [9.17, 15) is 5.11 Å². The fourth-order valence-electron chi connectivity index (χ4n) is 4.97. The van der Waals surface area contributed by atoms with Crippen LogP contribution >= 0.6 is 11.6 Å². The van der Waals surface area contributed by atoms with Gasteiger partial charge >= 0.3 is 0 Å². The van der Waals surface area contributed by atoms with Crippen LogP contribution in [0.3, 0.4) is 0 Å². The molecule has 41 heavy (non-hydrogen) atoms. The Labute approximate surface area is 251 Å². The van der Waals surface area contributed by atoms with Crippen LogP contribution < -0.4 is 18.9 Å². The molecule has 0 saturated heterocycles. The number of aliphatic hydroxyl groups excluding tert-OH is 1. The minimum atomic E-state index is -0.696. The lowest BCUT2D eigenvalue weighted by atomic mass is 10.0. The van der Waals surface area contributed by atoms with Crippen molar-refractivity contribution in [2.75, 3.05) is 34.5 Å². The van der Waals surface area contributed by atoms with E-state index in [0.29, 0.717) is 36.2 Å². The highest BCUT2D eigenvalue weighted by molar-refractivity contribution is 6.30. The maximum absolute atomic E-state index is 11.2. The minimum absolute atomic E-state index is 0.104. The molecule has 0 spiro atoms. The third-order valence-corrected chi connectivity index (χ3v) is 7.60. The van der Waals surface area contributed by atoms with Crippen LogP contribution in [0.4, 0.5) is 0 Å². The van der Waals surface area contributed by atoms with E-state index in [-0.39, 0.29) is 6.04 Å². The topological polar surface area (TPSA) is 60.4 Å². The van der Waals surface area contributed by atoms with Crippen LogP contribution in [0.2, 0.25) is 5.02 Å². The van der Waals surface area contributed by atoms with Gasteiger partial charge in [-0.25, -0.2) is 0 Å². The summed E-state index contributed by atoms with van der Waals surface area (Å²) >= 11 is 6.22. The van der Waals surface area contributed by atoms with Crippen molar-refractivity contribution in [3.05, 3.63) is 82.4 Å². The Morgan fingerprint density at radius 2 is 1.44 bits per heavy atom. The van der Waals surface area contributed by atoms with E-state index in [2.05, 4.69) is 30.9 Å². The van der Waals surface area contributed by atoms with Gasteiger partial charge in [0, 0.05) is 24.2 Å². The van der Waals surface area contributed by atoms with Gasteiger partial charge in [0.1, 0.15) is 0 Å². The van der Waals surface area contributed by atoms with Crippen molar-refractivity contribution >= 4 is 11.6 Å². The molecule has 0 aromatic heterocycles. The molecule has 0 aliphatic carbocycles. The molecule has 0 amide bonds. The lowest BCUT2D eigenvalue weighted by molar-refractivity contribution is 0.0858. The molecule has 6 nitrogen and oxygen atoms in total. The molecule has 3 aromatic carbocycles. The molecular formula is C34H46ClNO5. The van der Waals surface area contributed by atoms with Gasteiger partial charge in [0.2, 0.25) is 0 Å². The molecule has 224 valence electrons. The lowest BCUT2D eigenvalue weighted by Crippen LogP contribution is -2.37. The van der Waals surface area contributed by atoms with Gasteiger partial charge in [-0.1, -0.05) is 68.5 Å². The van der Waals surface area contributed by atoms with Crippen LogP contribution in [0.25, 0.3) is 0 Å². The van der Waals surface area contributed by atoms with Crippen molar-refractivity contribution in [3.63, 3.8) is 0 Å². The van der Waals surface area contributed by atoms with Crippen LogP contribution in [0.5, 0.6) is 23.0 Å². The number of methoxy groups -OCH3 is 3. The molecule has 7 heteroatoms. The van der Waals surface area contributed by atoms with Crippen molar-refractivity contribution in [3.8, 4) is 23.0 Å². The van der Waals surface area contributed by atoms with E-state index >= 15 is 0 Å². The summed E-state index contributed by atoms with van der Waals surface area (Å²) < 4.78 is 22.7. The average Bonchev–Trinajstić information content (AvgIpc) is 2.98. The molecule has 0 saturated carbocycles. The average molecular weight is 584 g/mol. The Morgan fingerprint density at radius 1 is 0.780 bits per heavy atom. The van der Waals surface area contributed by atoms with Crippen molar-refractivity contribution < 1.29 is 24.1 Å². The first-order valence-electron chi connectivity index (χ1n) is 14.6. The first-order chi connectivity index (χ1) is 19.9. The second-order valence-electron chi connectivity index (χ2n) is 10.5. The minimum Gasteiger partial charge on any atom is -0.493 e. The SMILES string of the molecule is CCCCCCCOc1ccc(CN(CC(O)c2cccc(Cl)c2)[C@H](C)Cc2ccc(OC)c(OC)c2)cc1OC. The molecule has 1 N–H and O–H groups in total. The van der Waals surface area contributed by atoms with Gasteiger partial charge < -0.3 is 24.1 Å². The summed E-state index contributed by atoms with van der Waals surface area (Å²) in [7, 11) is 4.96. The highest BCUT2D eigenvalue weighted by atomic mass is 35.5. The Balaban J connectivity index is 1.77. The Bertz CT molecular complexity index is 1200. The predicted molar refractivity (Wildman–Crippen MR) is 167 cm³/mol. The molecule has 0 bridgehead atoms. The lowest BCUT2D eigenvalue weighted by Gasteiger charge is -2.32. The summed E-state index contributed by atoms with van der Waals surface area (Å²) in [5, 5.41) is 11.8. The smallest absolute Gasteiger partial charge is 0.161 e. The van der Waals surface area contributed by atoms with Gasteiger partial charge in [-0.2, -0.15) is 0 Å². The molecule has 0 fully saturated rings. The number of nitrogens with zero attached hydrogens (tertiary/aromatic N) is 1. The molecule has 2 atom stereocenters. The Kier molecular flexibility index (Phi) is 13.6. The number of benzene rings is 3. The first-order valence-corrected chi connectivity index (χ1v) is 14.9. The number of unbranched alkanes of at least 4 members (excludes halogenated alkanes) is 4. The summed E-state index contributed by atoms with van der Waals surface area (Å²) in [6.07, 6.45) is 6.02. The molecule has 1 unspecified atom stereocenters. The van der Waals surface area contributed by atoms with Crippen LogP contribution in [0.1, 0.15) is 68.7 Å². The molecule has 0 heterocycles. The van der Waals surface area contributed by atoms with Crippen LogP contribution in [0.15, 0.2) is 60.7 Å². The molecule has 0 aliphatic rings. The maximum Gasteiger partial charge on any atom is 0.161 e. The molecule has 3 rings (SSSR count). The van der Waals surface area contributed by atoms with Crippen LogP contribution in [-0.4, -0.2) is 50.5 Å². The number of ether oxygens (including phenoxy) is 4. The summed E-state index contributed by atoms with van der Waals surface area (Å²) in [6, 6.07) is 19.6. The first kappa shape index (κ1) is 32.6. The van der Waals surface area contributed by atoms with E-state index in [4.69, 9.17) is 30.5 Å². The highest BCUT2D eigenvalue weighted by Crippen LogP contribution is 2.31. The zero-order valence-corrected chi connectivity index (χ0v) is 26.0. The third kappa shape index (κ3) is 10.1. The van der Waals surface area contributed by atoms with E-state index in [0.717, 1.165) is 41.0 Å². The quantitative estimate of drug-likeness (QED) is 0.154. The molecular weight excluding hydrogens is 538 g/mol. The normalized spacial score (nSPS) is 12.7. The van der Waals surface area contributed by atoms with Crippen molar-refractivity contribution in [2.24, 2.45) is 0 Å². The number of halogens is 1. The number of hydrogen-bond donors (Lipinski definition) is 1. The summed E-state index contributed by atoms with van der Waals surface area (Å²) in [5.74, 6) is 2.88. The number of aliphatic hydroxyl groups is 1. The fourth-order valence-corrected chi connectivity index (χ4v) is 5.17. The van der Waals surface area contributed by atoms with E-state index < -0.39 is 6.10 Å². The predicted octanol–water partition coefficient (Wildman–Crippen LogP) is 7.88. The van der Waals surface area contributed by atoms with Gasteiger partial charge in [-0.3, -0.25) is 4.90 Å². The zero-order valence-electron chi connectivity index (χ0n) is 25.2. The Hall–Kier alpha value is -2.93. The van der Waals surface area contributed by atoms with Gasteiger partial charge in [0.25, 0.3) is 0 Å². The van der Waals surface area contributed by atoms with Crippen molar-refractivity contribution in [1.29, 1.82) is 0 Å². The van der Waals surface area contributed by atoms with Crippen molar-refractivity contribution in [2.45, 2.75) is 71.1 Å². The van der Waals surface area contributed by atoms with Crippen molar-refractivity contribution in [1.82, 2.24) is 4.90 Å². The van der Waals surface area contributed by atoms with E-state index in [1.807, 2.05) is 48.5 Å². The molecule has 0 aliphatic heterocycles. The Morgan fingerprint density at radius 3 is 2.15 bits per heavy atom. The zero-order chi connectivity index (χ0) is 29.6. The number of hydrogen-bond acceptors (Lipinski definition) is 6. The summed E-state index contributed by atoms with van der Waals surface area (Å²) in [6.45, 7) is 6.14. The maximum atomic E-state index is 11.2. The van der Waals surface area contributed by atoms with Gasteiger partial charge in [0.05, 0.1) is 34.0 Å². The summed E-state index contributed by atoms with van der Waals surface area (Å²) in [5.41, 5.74) is 2.99. The van der Waals surface area contributed by atoms with Gasteiger partial charge in [-0.15, -0.1) is 0 Å². The van der Waals surface area contributed by atoms with Crippen LogP contribution in [0, 0.1) is 0 Å². The highest BCUT2D eigenvalue weighted by Gasteiger charge is 2.21. The van der Waals surface area contributed by atoms with Gasteiger partial charge in [-0.05, 0) is 72.9 Å². The number of rotatable bonds is 18. The van der Waals surface area contributed by atoms with E-state index in [1.54, 1.807) is 21.3 Å².